The van der Waals surface area contributed by atoms with Gasteiger partial charge < -0.3 is 9.47 Å². The molecule has 5 rings (SSSR count). The predicted molar refractivity (Wildman–Crippen MR) is 110 cm³/mol. The Balaban J connectivity index is 1.47. The Labute approximate surface area is 174 Å². The molecular weight excluding hydrogens is 364 g/mol. The molecule has 0 N–H and O–H groups in total. The maximum absolute atomic E-state index is 11.7. The molecule has 29 heavy (non-hydrogen) atoms. The molecule has 8 atom stereocenters. The van der Waals surface area contributed by atoms with E-state index in [0.717, 1.165) is 48.3 Å². The smallest absolute Gasteiger partial charge is 0.330 e. The molecular formula is C25H34O4. The second kappa shape index (κ2) is 6.99. The number of hydrogen-bond donors (Lipinski definition) is 0. The molecule has 0 aromatic carbocycles. The molecule has 0 heterocycles. The van der Waals surface area contributed by atoms with E-state index < -0.39 is 0 Å². The summed E-state index contributed by atoms with van der Waals surface area (Å²) in [6.07, 6.45) is 13.9. The van der Waals surface area contributed by atoms with E-state index >= 15 is 0 Å². The summed E-state index contributed by atoms with van der Waals surface area (Å²) in [5, 5.41) is 0. The molecule has 0 saturated heterocycles. The molecule has 5 aliphatic carbocycles. The zero-order valence-electron chi connectivity index (χ0n) is 17.4. The zero-order valence-corrected chi connectivity index (χ0v) is 17.4. The van der Waals surface area contributed by atoms with Gasteiger partial charge in [-0.1, -0.05) is 19.6 Å². The summed E-state index contributed by atoms with van der Waals surface area (Å²) in [5.41, 5.74) is 0.527. The summed E-state index contributed by atoms with van der Waals surface area (Å²) in [7, 11) is 0. The summed E-state index contributed by atoms with van der Waals surface area (Å²) in [4.78, 5) is 23.5. The minimum absolute atomic E-state index is 0.255. The van der Waals surface area contributed by atoms with Crippen LogP contribution in [-0.2, 0) is 19.1 Å². The van der Waals surface area contributed by atoms with Crippen LogP contribution in [0.4, 0.5) is 0 Å². The fourth-order valence-electron chi connectivity index (χ4n) is 9.72. The van der Waals surface area contributed by atoms with Gasteiger partial charge in [-0.25, -0.2) is 9.59 Å². The number of fused-ring (bicyclic) bond motifs is 12. The van der Waals surface area contributed by atoms with E-state index in [0.29, 0.717) is 13.2 Å². The van der Waals surface area contributed by atoms with Crippen molar-refractivity contribution in [3.05, 3.63) is 25.3 Å². The normalized spacial score (nSPS) is 45.7. The second-order valence-electron chi connectivity index (χ2n) is 10.3. The van der Waals surface area contributed by atoms with Crippen LogP contribution in [0.1, 0.15) is 57.8 Å². The molecule has 0 aromatic rings. The van der Waals surface area contributed by atoms with Gasteiger partial charge >= 0.3 is 11.9 Å². The van der Waals surface area contributed by atoms with Crippen molar-refractivity contribution < 1.29 is 19.1 Å². The minimum atomic E-state index is -0.310. The molecule has 0 aliphatic heterocycles. The van der Waals surface area contributed by atoms with Crippen molar-refractivity contribution in [1.82, 2.24) is 0 Å². The van der Waals surface area contributed by atoms with E-state index in [1.54, 1.807) is 0 Å². The Morgan fingerprint density at radius 3 is 2.38 bits per heavy atom. The predicted octanol–water partition coefficient (Wildman–Crippen LogP) is 4.69. The molecule has 0 spiro atoms. The van der Waals surface area contributed by atoms with Crippen LogP contribution in [0, 0.1) is 46.3 Å². The first kappa shape index (κ1) is 19.4. The Hall–Kier alpha value is -1.58. The van der Waals surface area contributed by atoms with Gasteiger partial charge in [0, 0.05) is 12.2 Å². The van der Waals surface area contributed by atoms with Crippen LogP contribution >= 0.6 is 0 Å². The van der Waals surface area contributed by atoms with Crippen molar-refractivity contribution in [3.63, 3.8) is 0 Å². The topological polar surface area (TPSA) is 52.6 Å². The third-order valence-corrected chi connectivity index (χ3v) is 10.0. The summed E-state index contributed by atoms with van der Waals surface area (Å²) in [6, 6.07) is 0. The van der Waals surface area contributed by atoms with Gasteiger partial charge in [-0.05, 0) is 97.7 Å². The maximum Gasteiger partial charge on any atom is 0.330 e. The molecule has 5 fully saturated rings. The Morgan fingerprint density at radius 2 is 1.66 bits per heavy atom. The SMILES string of the molecule is C=CC(=O)OCCC12CC(C3CCCC31)C1C3CCC(C3)C12CCOC(=O)C=C. The number of carbonyl (C=O) groups is 2. The molecule has 158 valence electrons. The highest BCUT2D eigenvalue weighted by molar-refractivity contribution is 5.81. The van der Waals surface area contributed by atoms with Gasteiger partial charge in [-0.3, -0.25) is 0 Å². The molecule has 0 radical (unpaired) electrons. The average molecular weight is 399 g/mol. The summed E-state index contributed by atoms with van der Waals surface area (Å²) >= 11 is 0. The molecule has 4 nitrogen and oxygen atoms in total. The standard InChI is InChI=1S/C25H34O4/c1-3-21(26)28-12-10-24-15-19(18-6-5-7-20(18)24)23-16-8-9-17(14-16)25(23,24)11-13-29-22(27)4-2/h3-4,16-20,23H,1-2,5-15H2. The number of rotatable bonds is 8. The van der Waals surface area contributed by atoms with E-state index in [-0.39, 0.29) is 22.8 Å². The van der Waals surface area contributed by atoms with Crippen molar-refractivity contribution in [2.24, 2.45) is 46.3 Å². The first-order valence-electron chi connectivity index (χ1n) is 11.7. The molecule has 4 bridgehead atoms. The van der Waals surface area contributed by atoms with E-state index in [2.05, 4.69) is 13.2 Å². The van der Waals surface area contributed by atoms with E-state index in [4.69, 9.17) is 9.47 Å². The van der Waals surface area contributed by atoms with Crippen molar-refractivity contribution in [2.45, 2.75) is 57.8 Å². The second-order valence-corrected chi connectivity index (χ2v) is 10.3. The molecule has 5 aliphatic rings. The third kappa shape index (κ3) is 2.50. The highest BCUT2D eigenvalue weighted by Gasteiger charge is 2.79. The lowest BCUT2D eigenvalue weighted by molar-refractivity contribution is -0.150. The Morgan fingerprint density at radius 1 is 0.931 bits per heavy atom. The molecule has 8 unspecified atom stereocenters. The molecule has 4 heteroatoms. The Kier molecular flexibility index (Phi) is 4.67. The monoisotopic (exact) mass is 398 g/mol. The largest absolute Gasteiger partial charge is 0.463 e. The lowest BCUT2D eigenvalue weighted by Gasteiger charge is -2.58. The van der Waals surface area contributed by atoms with Crippen molar-refractivity contribution in [1.29, 1.82) is 0 Å². The van der Waals surface area contributed by atoms with Gasteiger partial charge in [0.1, 0.15) is 0 Å². The minimum Gasteiger partial charge on any atom is -0.463 e. The van der Waals surface area contributed by atoms with E-state index in [1.165, 1.54) is 57.1 Å². The van der Waals surface area contributed by atoms with Gasteiger partial charge in [0.2, 0.25) is 0 Å². The molecule has 0 amide bonds. The van der Waals surface area contributed by atoms with Crippen molar-refractivity contribution in [3.8, 4) is 0 Å². The molecule has 5 saturated carbocycles. The van der Waals surface area contributed by atoms with Crippen LogP contribution in [0.15, 0.2) is 25.3 Å². The van der Waals surface area contributed by atoms with Crippen LogP contribution in [0.3, 0.4) is 0 Å². The first-order chi connectivity index (χ1) is 14.1. The number of carbonyl (C=O) groups excluding carboxylic acids is 2. The van der Waals surface area contributed by atoms with Crippen molar-refractivity contribution >= 4 is 11.9 Å². The Bertz CT molecular complexity index is 728. The highest BCUT2D eigenvalue weighted by Crippen LogP contribution is 2.85. The van der Waals surface area contributed by atoms with Crippen LogP contribution in [0.2, 0.25) is 0 Å². The van der Waals surface area contributed by atoms with Crippen LogP contribution < -0.4 is 0 Å². The third-order valence-electron chi connectivity index (χ3n) is 10.0. The highest BCUT2D eigenvalue weighted by atomic mass is 16.5. The van der Waals surface area contributed by atoms with Gasteiger partial charge in [-0.15, -0.1) is 0 Å². The van der Waals surface area contributed by atoms with Crippen LogP contribution in [0.5, 0.6) is 0 Å². The zero-order chi connectivity index (χ0) is 20.2. The van der Waals surface area contributed by atoms with Crippen molar-refractivity contribution in [2.75, 3.05) is 13.2 Å². The summed E-state index contributed by atoms with van der Waals surface area (Å²) < 4.78 is 11.1. The lowest BCUT2D eigenvalue weighted by Crippen LogP contribution is -2.54. The fourth-order valence-corrected chi connectivity index (χ4v) is 9.72. The van der Waals surface area contributed by atoms with E-state index in [1.807, 2.05) is 0 Å². The quantitative estimate of drug-likeness (QED) is 0.338. The fraction of sp³-hybridized carbons (Fsp3) is 0.760. The van der Waals surface area contributed by atoms with Gasteiger partial charge in [0.05, 0.1) is 13.2 Å². The first-order valence-corrected chi connectivity index (χ1v) is 11.7. The van der Waals surface area contributed by atoms with Gasteiger partial charge in [-0.2, -0.15) is 0 Å². The van der Waals surface area contributed by atoms with Crippen LogP contribution in [-0.4, -0.2) is 25.2 Å². The van der Waals surface area contributed by atoms with Gasteiger partial charge in [0.25, 0.3) is 0 Å². The number of esters is 2. The van der Waals surface area contributed by atoms with E-state index in [9.17, 15) is 9.59 Å². The summed E-state index contributed by atoms with van der Waals surface area (Å²) in [5.74, 6) is 4.26. The summed E-state index contributed by atoms with van der Waals surface area (Å²) in [6.45, 7) is 8.09. The number of hydrogen-bond acceptors (Lipinski definition) is 4. The lowest BCUT2D eigenvalue weighted by atomic mass is 9.46. The number of ether oxygens (including phenoxy) is 2. The molecule has 0 aromatic heterocycles. The van der Waals surface area contributed by atoms with Gasteiger partial charge in [0.15, 0.2) is 0 Å². The average Bonchev–Trinajstić information content (AvgIpc) is 3.50. The maximum atomic E-state index is 11.7. The van der Waals surface area contributed by atoms with Crippen LogP contribution in [0.25, 0.3) is 0 Å².